The normalized spacial score (nSPS) is 19.4. The van der Waals surface area contributed by atoms with Gasteiger partial charge in [0.1, 0.15) is 0 Å². The van der Waals surface area contributed by atoms with Crippen molar-refractivity contribution in [2.24, 2.45) is 5.92 Å². The van der Waals surface area contributed by atoms with Crippen LogP contribution < -0.4 is 15.5 Å². The number of para-hydroxylation sites is 1. The first kappa shape index (κ1) is 25.0. The predicted octanol–water partition coefficient (Wildman–Crippen LogP) is 6.60. The molecule has 190 valence electrons. The first-order chi connectivity index (χ1) is 17.7. The molecule has 6 heteroatoms. The van der Waals surface area contributed by atoms with E-state index in [4.69, 9.17) is 11.6 Å². The molecule has 1 fully saturated rings. The van der Waals surface area contributed by atoms with E-state index in [1.165, 1.54) is 31.2 Å². The smallest absolute Gasteiger partial charge is 0.228 e. The number of fused-ring (bicyclic) bond motifs is 3. The molecule has 2 aliphatic rings. The van der Waals surface area contributed by atoms with E-state index in [0.29, 0.717) is 23.4 Å². The Morgan fingerprint density at radius 1 is 1.00 bits per heavy atom. The van der Waals surface area contributed by atoms with Gasteiger partial charge in [-0.05, 0) is 86.9 Å². The van der Waals surface area contributed by atoms with E-state index in [9.17, 15) is 4.79 Å². The Morgan fingerprint density at radius 2 is 1.86 bits per heavy atom. The van der Waals surface area contributed by atoms with Crippen LogP contribution in [0.1, 0.15) is 56.9 Å². The first-order valence-corrected chi connectivity index (χ1v) is 14.0. The summed E-state index contributed by atoms with van der Waals surface area (Å²) in [5.41, 5.74) is 4.50. The van der Waals surface area contributed by atoms with Crippen molar-refractivity contribution >= 4 is 39.8 Å². The number of nitrogens with zero attached hydrogens (tertiary/aromatic N) is 2. The van der Waals surface area contributed by atoms with Gasteiger partial charge in [0.05, 0.1) is 5.52 Å². The number of unbranched alkanes of at least 4 members (excludes halogenated alkanes) is 1. The number of carbonyl (C=O) groups is 1. The molecule has 3 aromatic rings. The highest BCUT2D eigenvalue weighted by Gasteiger charge is 2.36. The number of carbonyl (C=O) groups excluding carboxylic acids is 1. The summed E-state index contributed by atoms with van der Waals surface area (Å²) in [5, 5.41) is 8.83. The molecular weight excluding hydrogens is 468 g/mol. The molecule has 5 nitrogen and oxygen atoms in total. The fourth-order valence-corrected chi connectivity index (χ4v) is 6.14. The minimum absolute atomic E-state index is 0.278. The van der Waals surface area contributed by atoms with Crippen molar-refractivity contribution in [1.82, 2.24) is 10.3 Å². The zero-order chi connectivity index (χ0) is 24.7. The van der Waals surface area contributed by atoms with Gasteiger partial charge in [0.2, 0.25) is 5.91 Å². The lowest BCUT2D eigenvalue weighted by Gasteiger charge is -2.39. The lowest BCUT2D eigenvalue weighted by molar-refractivity contribution is -0.119. The maximum Gasteiger partial charge on any atom is 0.228 e. The van der Waals surface area contributed by atoms with Crippen LogP contribution in [0.25, 0.3) is 10.9 Å². The van der Waals surface area contributed by atoms with Crippen LogP contribution in [0.2, 0.25) is 5.02 Å². The van der Waals surface area contributed by atoms with Gasteiger partial charge in [0.25, 0.3) is 0 Å². The number of aromatic nitrogens is 1. The summed E-state index contributed by atoms with van der Waals surface area (Å²) in [4.78, 5) is 20.0. The monoisotopic (exact) mass is 504 g/mol. The fourth-order valence-electron chi connectivity index (χ4n) is 5.98. The highest BCUT2D eigenvalue weighted by molar-refractivity contribution is 6.31. The molecule has 1 aliphatic heterocycles. The number of pyridine rings is 1. The van der Waals surface area contributed by atoms with Crippen molar-refractivity contribution in [2.45, 2.75) is 63.8 Å². The third kappa shape index (κ3) is 5.84. The van der Waals surface area contributed by atoms with Crippen LogP contribution in [0.15, 0.2) is 54.7 Å². The molecule has 2 heterocycles. The largest absolute Gasteiger partial charge is 0.384 e. The van der Waals surface area contributed by atoms with Gasteiger partial charge in [-0.15, -0.1) is 0 Å². The van der Waals surface area contributed by atoms with E-state index in [1.807, 2.05) is 30.5 Å². The third-order valence-corrected chi connectivity index (χ3v) is 8.06. The summed E-state index contributed by atoms with van der Waals surface area (Å²) >= 11 is 6.09. The number of hydrogen-bond acceptors (Lipinski definition) is 4. The van der Waals surface area contributed by atoms with Crippen LogP contribution in [0, 0.1) is 5.92 Å². The average Bonchev–Trinajstić information content (AvgIpc) is 3.07. The first-order valence-electron chi connectivity index (χ1n) is 13.6. The number of hydrogen-bond donors (Lipinski definition) is 2. The van der Waals surface area contributed by atoms with Crippen molar-refractivity contribution in [3.63, 3.8) is 0 Å². The van der Waals surface area contributed by atoms with E-state index >= 15 is 0 Å². The molecule has 0 saturated heterocycles. The number of nitrogens with one attached hydrogen (secondary N) is 2. The van der Waals surface area contributed by atoms with Crippen molar-refractivity contribution < 1.29 is 4.79 Å². The second-order valence-electron chi connectivity index (χ2n) is 10.2. The second-order valence-corrected chi connectivity index (χ2v) is 10.6. The molecule has 2 atom stereocenters. The number of halogens is 1. The van der Waals surface area contributed by atoms with Gasteiger partial charge in [0, 0.05) is 53.5 Å². The van der Waals surface area contributed by atoms with Gasteiger partial charge in [-0.1, -0.05) is 42.6 Å². The van der Waals surface area contributed by atoms with Crippen LogP contribution in [-0.4, -0.2) is 36.6 Å². The molecular formula is C30H37ClN4O. The summed E-state index contributed by atoms with van der Waals surface area (Å²) in [5.74, 6) is 0.921. The minimum atomic E-state index is 0.278. The number of anilines is 2. The molecule has 0 spiro atoms. The molecule has 5 rings (SSSR count). The van der Waals surface area contributed by atoms with Crippen molar-refractivity contribution in [3.05, 3.63) is 65.3 Å². The maximum atomic E-state index is 13.5. The molecule has 1 unspecified atom stereocenters. The molecule has 0 radical (unpaired) electrons. The Labute approximate surface area is 219 Å². The molecule has 2 N–H and O–H groups in total. The Hall–Kier alpha value is -2.63. The summed E-state index contributed by atoms with van der Waals surface area (Å²) in [7, 11) is 0. The Bertz CT molecular complexity index is 1180. The molecule has 1 amide bonds. The van der Waals surface area contributed by atoms with Crippen molar-refractivity contribution in [3.8, 4) is 0 Å². The molecule has 2 aromatic carbocycles. The summed E-state index contributed by atoms with van der Waals surface area (Å²) in [6, 6.07) is 16.8. The quantitative estimate of drug-likeness (QED) is 0.322. The van der Waals surface area contributed by atoms with Gasteiger partial charge in [-0.3, -0.25) is 9.78 Å². The van der Waals surface area contributed by atoms with Gasteiger partial charge in [-0.25, -0.2) is 0 Å². The Morgan fingerprint density at radius 3 is 2.81 bits per heavy atom. The second kappa shape index (κ2) is 12.1. The van der Waals surface area contributed by atoms with Crippen LogP contribution in [0.5, 0.6) is 0 Å². The summed E-state index contributed by atoms with van der Waals surface area (Å²) in [6.07, 6.45) is 11.7. The SMILES string of the molecule is O=C(CCNCCCCNc1ccnc2cc(Cl)ccc12)N1c2ccccc2CC[C@@H]2CCCCC21. The van der Waals surface area contributed by atoms with Gasteiger partial charge >= 0.3 is 0 Å². The maximum absolute atomic E-state index is 13.5. The highest BCUT2D eigenvalue weighted by atomic mass is 35.5. The van der Waals surface area contributed by atoms with Crippen LogP contribution in [0.4, 0.5) is 11.4 Å². The van der Waals surface area contributed by atoms with Crippen LogP contribution in [0.3, 0.4) is 0 Å². The molecule has 36 heavy (non-hydrogen) atoms. The van der Waals surface area contributed by atoms with Gasteiger partial charge in [-0.2, -0.15) is 0 Å². The minimum Gasteiger partial charge on any atom is -0.384 e. The predicted molar refractivity (Wildman–Crippen MR) is 150 cm³/mol. The van der Waals surface area contributed by atoms with E-state index in [0.717, 1.165) is 67.6 Å². The number of benzene rings is 2. The van der Waals surface area contributed by atoms with E-state index in [1.54, 1.807) is 0 Å². The Balaban J connectivity index is 1.07. The molecule has 1 aromatic heterocycles. The van der Waals surface area contributed by atoms with Gasteiger partial charge < -0.3 is 15.5 Å². The van der Waals surface area contributed by atoms with E-state index in [2.05, 4.69) is 44.8 Å². The molecule has 0 bridgehead atoms. The number of aryl methyl sites for hydroxylation is 1. The number of amides is 1. The van der Waals surface area contributed by atoms with E-state index in [-0.39, 0.29) is 5.91 Å². The molecule has 1 aliphatic carbocycles. The number of rotatable bonds is 9. The Kier molecular flexibility index (Phi) is 8.40. The topological polar surface area (TPSA) is 57.3 Å². The third-order valence-electron chi connectivity index (χ3n) is 7.82. The fraction of sp³-hybridized carbons (Fsp3) is 0.467. The highest BCUT2D eigenvalue weighted by Crippen LogP contribution is 2.39. The summed E-state index contributed by atoms with van der Waals surface area (Å²) in [6.45, 7) is 2.55. The zero-order valence-electron chi connectivity index (χ0n) is 21.0. The standard InChI is InChI=1S/C30H37ClN4O/c31-24-13-14-25-26(15-20-34-27(25)21-24)33-18-6-5-17-32-19-16-30(36)35-28-9-3-1-7-22(28)11-12-23-8-2-4-10-29(23)35/h1,3,7,9,13-15,20-21,23,29,32H,2,4-6,8,10-12,16-19H2,(H,33,34)/t23-,29?/m0/s1. The van der Waals surface area contributed by atoms with Gasteiger partial charge in [0.15, 0.2) is 0 Å². The summed E-state index contributed by atoms with van der Waals surface area (Å²) < 4.78 is 0. The van der Waals surface area contributed by atoms with Crippen molar-refractivity contribution in [1.29, 1.82) is 0 Å². The van der Waals surface area contributed by atoms with E-state index < -0.39 is 0 Å². The van der Waals surface area contributed by atoms with Crippen LogP contribution >= 0.6 is 11.6 Å². The average molecular weight is 505 g/mol. The van der Waals surface area contributed by atoms with Crippen molar-refractivity contribution in [2.75, 3.05) is 29.9 Å². The lowest BCUT2D eigenvalue weighted by Crippen LogP contribution is -2.46. The molecule has 1 saturated carbocycles. The zero-order valence-corrected chi connectivity index (χ0v) is 21.8. The van der Waals surface area contributed by atoms with Crippen LogP contribution in [-0.2, 0) is 11.2 Å². The lowest BCUT2D eigenvalue weighted by atomic mass is 9.81.